The van der Waals surface area contributed by atoms with Gasteiger partial charge in [0.15, 0.2) is 24.0 Å². The van der Waals surface area contributed by atoms with Gasteiger partial charge in [-0.3, -0.25) is 9.59 Å². The second kappa shape index (κ2) is 9.38. The second-order valence-electron chi connectivity index (χ2n) is 12.2. The number of halogens is 1. The van der Waals surface area contributed by atoms with Gasteiger partial charge in [0.25, 0.3) is 0 Å². The second-order valence-corrected chi connectivity index (χ2v) is 12.9. The molecule has 0 aromatic heterocycles. The molecule has 1 aliphatic heterocycles. The lowest BCUT2D eigenvalue weighted by Gasteiger charge is -2.62. The number of aliphatic hydroxyl groups excluding tert-OH is 3. The van der Waals surface area contributed by atoms with E-state index in [2.05, 4.69) is 13.8 Å². The smallest absolute Gasteiger partial charge is 0.335 e. The third-order valence-electron chi connectivity index (χ3n) is 10.7. The molecule has 4 N–H and O–H groups in total. The Morgan fingerprint density at radius 3 is 2.46 bits per heavy atom. The molecule has 5 rings (SSSR count). The summed E-state index contributed by atoms with van der Waals surface area (Å²) in [5.41, 5.74) is 0.686. The zero-order valence-electron chi connectivity index (χ0n) is 21.3. The molecule has 206 valence electrons. The summed E-state index contributed by atoms with van der Waals surface area (Å²) < 4.78 is 10.7. The summed E-state index contributed by atoms with van der Waals surface area (Å²) >= 11 is 7.54. The maximum Gasteiger partial charge on any atom is 0.335 e. The average Bonchev–Trinajstić information content (AvgIpc) is 3.20. The molecule has 4 aliphatic carbocycles. The highest BCUT2D eigenvalue weighted by Gasteiger charge is 2.66. The molecule has 11 atom stereocenters. The van der Waals surface area contributed by atoms with Crippen LogP contribution in [0.15, 0.2) is 11.6 Å². The van der Waals surface area contributed by atoms with Crippen molar-refractivity contribution in [2.45, 2.75) is 101 Å². The Bertz CT molecular complexity index is 1010. The molecule has 37 heavy (non-hydrogen) atoms. The number of carboxylic acids is 1. The number of carboxylic acid groups (broad SMARTS) is 1. The highest BCUT2D eigenvalue weighted by Crippen LogP contribution is 2.70. The van der Waals surface area contributed by atoms with Gasteiger partial charge in [-0.15, -0.1) is 11.6 Å². The molecule has 0 aromatic rings. The van der Waals surface area contributed by atoms with Gasteiger partial charge in [-0.2, -0.15) is 0 Å². The van der Waals surface area contributed by atoms with E-state index in [1.54, 1.807) is 0 Å². The van der Waals surface area contributed by atoms with Crippen molar-refractivity contribution in [3.05, 3.63) is 11.6 Å². The van der Waals surface area contributed by atoms with Crippen molar-refractivity contribution in [3.63, 3.8) is 0 Å². The van der Waals surface area contributed by atoms with Crippen molar-refractivity contribution >= 4 is 29.1 Å². The Morgan fingerprint density at radius 1 is 1.03 bits per heavy atom. The molecule has 5 aliphatic rings. The maximum absolute atomic E-state index is 13.4. The van der Waals surface area contributed by atoms with Gasteiger partial charge in [0.1, 0.15) is 24.9 Å². The van der Waals surface area contributed by atoms with Crippen LogP contribution in [0, 0.1) is 28.6 Å². The highest BCUT2D eigenvalue weighted by molar-refractivity contribution is 6.25. The summed E-state index contributed by atoms with van der Waals surface area (Å²) in [7, 11) is 0. The minimum absolute atomic E-state index is 0.152. The van der Waals surface area contributed by atoms with Crippen LogP contribution in [-0.4, -0.2) is 80.1 Å². The first-order chi connectivity index (χ1) is 17.3. The zero-order chi connectivity index (χ0) is 26.9. The van der Waals surface area contributed by atoms with E-state index in [0.29, 0.717) is 12.8 Å². The zero-order valence-corrected chi connectivity index (χ0v) is 22.0. The molecular weight excluding hydrogens is 504 g/mol. The summed E-state index contributed by atoms with van der Waals surface area (Å²) in [6, 6.07) is 0. The Kier molecular flexibility index (Phi) is 6.90. The predicted octanol–water partition coefficient (Wildman–Crippen LogP) is 1.97. The molecule has 4 fully saturated rings. The molecule has 0 amide bonds. The van der Waals surface area contributed by atoms with Crippen LogP contribution in [0.2, 0.25) is 0 Å². The van der Waals surface area contributed by atoms with Crippen LogP contribution < -0.4 is 0 Å². The molecule has 0 radical (unpaired) electrons. The summed E-state index contributed by atoms with van der Waals surface area (Å²) in [4.78, 5) is 36.4. The lowest BCUT2D eigenvalue weighted by molar-refractivity contribution is -0.292. The first-order valence-corrected chi connectivity index (χ1v) is 13.7. The van der Waals surface area contributed by atoms with E-state index in [0.717, 1.165) is 38.5 Å². The molecule has 1 saturated heterocycles. The SMILES string of the molecule is C[C@]12CC[C@@]3(Cl)[C@@H](CCC4=CC(=O)CC[C@@]43C)[C@@H]1CC[C@@H]2C(=O)COC1O[C@H](C(=O)O)[C@@H](O)[C@H](O)[C@H]1O. The van der Waals surface area contributed by atoms with Gasteiger partial charge in [0.05, 0.1) is 4.87 Å². The number of rotatable bonds is 5. The van der Waals surface area contributed by atoms with E-state index in [-0.39, 0.29) is 40.2 Å². The van der Waals surface area contributed by atoms with Crippen molar-refractivity contribution < 1.29 is 44.3 Å². The topological polar surface area (TPSA) is 151 Å². The molecule has 0 aromatic carbocycles. The van der Waals surface area contributed by atoms with Gasteiger partial charge < -0.3 is 29.9 Å². The van der Waals surface area contributed by atoms with Gasteiger partial charge >= 0.3 is 5.97 Å². The first-order valence-electron chi connectivity index (χ1n) is 13.3. The highest BCUT2D eigenvalue weighted by atomic mass is 35.5. The van der Waals surface area contributed by atoms with E-state index in [1.165, 1.54) is 5.57 Å². The summed E-state index contributed by atoms with van der Waals surface area (Å²) in [5.74, 6) is -1.25. The number of ketones is 2. The van der Waals surface area contributed by atoms with Crippen LogP contribution in [0.4, 0.5) is 0 Å². The molecular formula is C27H37ClO9. The molecule has 3 saturated carbocycles. The van der Waals surface area contributed by atoms with E-state index in [9.17, 15) is 34.8 Å². The Labute approximate surface area is 221 Å². The van der Waals surface area contributed by atoms with Crippen LogP contribution in [0.3, 0.4) is 0 Å². The molecule has 0 bridgehead atoms. The average molecular weight is 541 g/mol. The van der Waals surface area contributed by atoms with Gasteiger partial charge in [0.2, 0.25) is 0 Å². The van der Waals surface area contributed by atoms with Crippen LogP contribution in [0.25, 0.3) is 0 Å². The number of ether oxygens (including phenoxy) is 2. The molecule has 1 unspecified atom stereocenters. The van der Waals surface area contributed by atoms with E-state index in [4.69, 9.17) is 21.1 Å². The molecule has 1 heterocycles. The number of carbonyl (C=O) groups is 3. The van der Waals surface area contributed by atoms with Crippen LogP contribution in [0.5, 0.6) is 0 Å². The van der Waals surface area contributed by atoms with Crippen molar-refractivity contribution in [1.29, 1.82) is 0 Å². The quantitative estimate of drug-likeness (QED) is 0.384. The molecule has 10 heteroatoms. The first kappa shape index (κ1) is 27.2. The normalized spacial score (nSPS) is 49.5. The standard InChI is InChI=1S/C27H37ClO9/c1-25-9-10-27(28)16(4-3-13-11-14(29)7-8-26(13,27)2)15(25)5-6-17(25)18(30)12-36-24-21(33)19(31)20(32)22(37-24)23(34)35/h11,15-17,19-22,24,31-33H,3-10,12H2,1-2H3,(H,34,35)/t15-,16-,17+,19-,20-,21+,22-,24?,25-,26-,27+/m0/s1. The van der Waals surface area contributed by atoms with Gasteiger partial charge in [-0.1, -0.05) is 19.4 Å². The Hall–Kier alpha value is -1.36. The van der Waals surface area contributed by atoms with E-state index < -0.39 is 48.2 Å². The third-order valence-corrected chi connectivity index (χ3v) is 11.5. The van der Waals surface area contributed by atoms with E-state index in [1.807, 2.05) is 6.08 Å². The number of aliphatic hydroxyl groups is 3. The monoisotopic (exact) mass is 540 g/mol. The predicted molar refractivity (Wildman–Crippen MR) is 131 cm³/mol. The number of hydrogen-bond donors (Lipinski definition) is 4. The third kappa shape index (κ3) is 4.03. The summed E-state index contributed by atoms with van der Waals surface area (Å²) in [5, 5.41) is 39.3. The fourth-order valence-electron chi connectivity index (χ4n) is 8.43. The minimum Gasteiger partial charge on any atom is -0.479 e. The Morgan fingerprint density at radius 2 is 1.76 bits per heavy atom. The van der Waals surface area contributed by atoms with Crippen molar-refractivity contribution in [1.82, 2.24) is 0 Å². The van der Waals surface area contributed by atoms with Crippen molar-refractivity contribution in [2.75, 3.05) is 6.61 Å². The molecule has 0 spiro atoms. The number of aliphatic carboxylic acids is 1. The Balaban J connectivity index is 1.29. The number of fused-ring (bicyclic) bond motifs is 5. The fraction of sp³-hybridized carbons (Fsp3) is 0.815. The molecule has 9 nitrogen and oxygen atoms in total. The number of Topliss-reactive ketones (excluding diaryl/α,β-unsaturated/α-hetero) is 1. The lowest BCUT2D eigenvalue weighted by Crippen LogP contribution is -2.61. The van der Waals surface area contributed by atoms with Crippen LogP contribution in [0.1, 0.15) is 65.2 Å². The van der Waals surface area contributed by atoms with Gasteiger partial charge in [-0.25, -0.2) is 4.79 Å². The van der Waals surface area contributed by atoms with Crippen LogP contribution >= 0.6 is 11.6 Å². The summed E-state index contributed by atoms with van der Waals surface area (Å²) in [6.45, 7) is 3.98. The fourth-order valence-corrected chi connectivity index (χ4v) is 9.00. The number of allylic oxidation sites excluding steroid dienone is 1. The summed E-state index contributed by atoms with van der Waals surface area (Å²) in [6.07, 6.45) is -0.654. The largest absolute Gasteiger partial charge is 0.479 e. The lowest BCUT2D eigenvalue weighted by atomic mass is 9.46. The maximum atomic E-state index is 13.4. The number of hydrogen-bond acceptors (Lipinski definition) is 8. The number of carbonyl (C=O) groups excluding carboxylic acids is 2. The van der Waals surface area contributed by atoms with Gasteiger partial charge in [0, 0.05) is 17.8 Å². The van der Waals surface area contributed by atoms with Crippen LogP contribution in [-0.2, 0) is 23.9 Å². The van der Waals surface area contributed by atoms with Crippen molar-refractivity contribution in [3.8, 4) is 0 Å². The van der Waals surface area contributed by atoms with Crippen molar-refractivity contribution in [2.24, 2.45) is 28.6 Å². The van der Waals surface area contributed by atoms with E-state index >= 15 is 0 Å². The number of alkyl halides is 1. The minimum atomic E-state index is -1.81. The van der Waals surface area contributed by atoms with Gasteiger partial charge in [-0.05, 0) is 68.3 Å².